The minimum absolute atomic E-state index is 0.0492. The van der Waals surface area contributed by atoms with Crippen LogP contribution in [0.1, 0.15) is 56.4 Å². The number of carbonyl (C=O) groups is 9. The monoisotopic (exact) mass is 1130 g/mol. The summed E-state index contributed by atoms with van der Waals surface area (Å²) < 4.78 is 14.2. The summed E-state index contributed by atoms with van der Waals surface area (Å²) in [6.07, 6.45) is 4.14. The predicted octanol–water partition coefficient (Wildman–Crippen LogP) is -2.62. The normalized spacial score (nSPS) is 21.6. The first-order chi connectivity index (χ1) is 37.7. The molecule has 3 heterocycles. The van der Waals surface area contributed by atoms with E-state index in [1.54, 1.807) is 24.4 Å². The third-order valence-electron chi connectivity index (χ3n) is 12.2. The molecule has 1 fully saturated rings. The summed E-state index contributed by atoms with van der Waals surface area (Å²) in [7, 11) is 1.97. The van der Waals surface area contributed by atoms with E-state index in [0.717, 1.165) is 39.2 Å². The Morgan fingerprint density at radius 3 is 1.96 bits per heavy atom. The molecule has 0 aliphatic carbocycles. The largest absolute Gasteiger partial charge is 0.370 e. The summed E-state index contributed by atoms with van der Waals surface area (Å²) in [6.45, 7) is 2.77. The number of imidazole rings is 1. The second-order valence-electron chi connectivity index (χ2n) is 18.4. The molecule has 79 heavy (non-hydrogen) atoms. The zero-order chi connectivity index (χ0) is 57.6. The Morgan fingerprint density at radius 2 is 1.32 bits per heavy atom. The number of hydrogen-bond acceptors (Lipinski definition) is 14. The van der Waals surface area contributed by atoms with Gasteiger partial charge >= 0.3 is 0 Å². The molecular formula is C49H67FN18O9S2. The average Bonchev–Trinajstić information content (AvgIpc) is 4.12. The van der Waals surface area contributed by atoms with Crippen molar-refractivity contribution in [2.75, 3.05) is 24.6 Å². The molecule has 0 unspecified atom stereocenters. The van der Waals surface area contributed by atoms with Crippen LogP contribution in [0, 0.1) is 16.6 Å². The van der Waals surface area contributed by atoms with Gasteiger partial charge in [0.25, 0.3) is 0 Å². The SMILES string of the molecule is CC(=O)N[C@@H](CCCNC(=N)N)C(=O)N[C@H]1CSSC[C@@H](C(N)=O)NC(=O)[C@H](Cc2c[nH]c3ccccc23)NC(=O)[C@H](CCCNC(=N)N)NC(=O)[C@@H](Cc2ccc(F)cc2)NC(=O)[C@H](Cc2c[nH]cn2)NC(=O)[C@@H](C)NC1=O. The van der Waals surface area contributed by atoms with Crippen LogP contribution in [0.4, 0.5) is 4.39 Å². The topological polar surface area (TPSA) is 444 Å². The van der Waals surface area contributed by atoms with Gasteiger partial charge in [-0.1, -0.05) is 51.9 Å². The zero-order valence-corrected chi connectivity index (χ0v) is 44.9. The molecule has 0 bridgehead atoms. The van der Waals surface area contributed by atoms with Crippen LogP contribution in [-0.2, 0) is 62.4 Å². The van der Waals surface area contributed by atoms with Crippen molar-refractivity contribution in [1.29, 1.82) is 10.8 Å². The molecule has 4 aromatic rings. The Morgan fingerprint density at radius 1 is 0.722 bits per heavy atom. The number of aromatic amines is 2. The summed E-state index contributed by atoms with van der Waals surface area (Å²) in [6, 6.07) is 1.03. The first kappa shape index (κ1) is 61.4. The van der Waals surface area contributed by atoms with Crippen molar-refractivity contribution >= 4 is 97.6 Å². The highest BCUT2D eigenvalue weighted by Gasteiger charge is 2.35. The maximum atomic E-state index is 14.6. The van der Waals surface area contributed by atoms with Crippen LogP contribution >= 0.6 is 21.6 Å². The number of nitrogens with one attached hydrogen (secondary N) is 14. The number of fused-ring (bicyclic) bond motifs is 1. The van der Waals surface area contributed by atoms with Gasteiger partial charge in [0.2, 0.25) is 53.2 Å². The van der Waals surface area contributed by atoms with Gasteiger partial charge in [-0.25, -0.2) is 9.37 Å². The van der Waals surface area contributed by atoms with E-state index in [1.807, 2.05) is 6.07 Å². The van der Waals surface area contributed by atoms with Crippen molar-refractivity contribution in [1.82, 2.24) is 68.1 Å². The summed E-state index contributed by atoms with van der Waals surface area (Å²) in [5, 5.41) is 42.1. The molecular weight excluding hydrogens is 1070 g/mol. The molecule has 8 atom stereocenters. The number of halogens is 1. The molecule has 30 heteroatoms. The van der Waals surface area contributed by atoms with E-state index < -0.39 is 107 Å². The van der Waals surface area contributed by atoms with Crippen LogP contribution in [0.3, 0.4) is 0 Å². The second kappa shape index (κ2) is 30.5. The second-order valence-corrected chi connectivity index (χ2v) is 21.0. The molecule has 2 aromatic heterocycles. The number of amides is 9. The van der Waals surface area contributed by atoms with Gasteiger partial charge in [-0.15, -0.1) is 0 Å². The highest BCUT2D eigenvalue weighted by atomic mass is 33.1. The van der Waals surface area contributed by atoms with Crippen molar-refractivity contribution in [2.24, 2.45) is 17.2 Å². The number of para-hydroxylation sites is 1. The maximum absolute atomic E-state index is 14.6. The summed E-state index contributed by atoms with van der Waals surface area (Å²) in [5.74, 6) is -9.29. The number of rotatable bonds is 18. The smallest absolute Gasteiger partial charge is 0.244 e. The number of nitrogens with two attached hydrogens (primary N) is 3. The van der Waals surface area contributed by atoms with Crippen molar-refractivity contribution in [3.8, 4) is 0 Å². The first-order valence-corrected chi connectivity index (χ1v) is 27.5. The lowest BCUT2D eigenvalue weighted by Crippen LogP contribution is -2.61. The summed E-state index contributed by atoms with van der Waals surface area (Å²) in [4.78, 5) is 136. The van der Waals surface area contributed by atoms with Crippen LogP contribution in [0.5, 0.6) is 0 Å². The molecule has 20 N–H and O–H groups in total. The molecule has 5 rings (SSSR count). The molecule has 1 saturated heterocycles. The third kappa shape index (κ3) is 20.2. The van der Waals surface area contributed by atoms with Crippen molar-refractivity contribution < 1.29 is 47.5 Å². The summed E-state index contributed by atoms with van der Waals surface area (Å²) in [5.41, 5.74) is 18.7. The van der Waals surface area contributed by atoms with Gasteiger partial charge in [0.1, 0.15) is 54.2 Å². The number of aromatic nitrogens is 3. The van der Waals surface area contributed by atoms with Gasteiger partial charge in [0, 0.05) is 74.1 Å². The number of carbonyl (C=O) groups excluding carboxylic acids is 9. The number of benzene rings is 2. The Balaban J connectivity index is 1.55. The zero-order valence-electron chi connectivity index (χ0n) is 43.3. The Kier molecular flexibility index (Phi) is 23.7. The average molecular weight is 1140 g/mol. The van der Waals surface area contributed by atoms with Gasteiger partial charge in [-0.3, -0.25) is 54.0 Å². The minimum atomic E-state index is -1.52. The van der Waals surface area contributed by atoms with Gasteiger partial charge in [0.05, 0.1) is 12.0 Å². The molecule has 0 saturated carbocycles. The predicted molar refractivity (Wildman–Crippen MR) is 294 cm³/mol. The maximum Gasteiger partial charge on any atom is 0.244 e. The van der Waals surface area contributed by atoms with Crippen LogP contribution in [0.25, 0.3) is 10.9 Å². The Hall–Kier alpha value is -8.41. The molecule has 27 nitrogen and oxygen atoms in total. The lowest BCUT2D eigenvalue weighted by molar-refractivity contribution is -0.135. The van der Waals surface area contributed by atoms with Gasteiger partial charge in [-0.05, 0) is 61.9 Å². The number of nitrogens with zero attached hydrogens (tertiary/aromatic N) is 1. The lowest BCUT2D eigenvalue weighted by Gasteiger charge is -2.27. The lowest BCUT2D eigenvalue weighted by atomic mass is 10.0. The number of hydrogen-bond donors (Lipinski definition) is 17. The van der Waals surface area contributed by atoms with E-state index in [4.69, 9.17) is 28.0 Å². The molecule has 9 amide bonds. The van der Waals surface area contributed by atoms with Gasteiger partial charge < -0.3 is 80.3 Å². The van der Waals surface area contributed by atoms with Crippen LogP contribution in [-0.4, -0.2) is 153 Å². The quantitative estimate of drug-likeness (QED) is 0.0210. The standard InChI is InChI=1S/C49H67FN18O9S2/c1-25-41(71)64-37(19-30-21-56-24-60-30)46(76)65-35(17-27-11-13-29(50)14-12-27)44(74)63-34(10-6-16-58-49(54)55)43(73)66-36(18-28-20-59-32-8-4-3-7-31(28)32)45(75)67-38(40(51)70)22-78-79-23-39(47(77)61-25)68-42(72)33(62-26(2)69)9-5-15-57-48(52)53/h3-4,7-8,11-14,20-21,24-25,33-39,59H,5-6,9-10,15-19,22-23H2,1-2H3,(H2,51,70)(H,56,60)(H,61,77)(H,62,69)(H,63,74)(H,64,71)(H,65,76)(H,66,73)(H,67,75)(H,68,72)(H4,52,53,57)(H4,54,55,58)/t25-,33+,34+,35-,36+,37+,38+,39+/m1/s1. The van der Waals surface area contributed by atoms with Gasteiger partial charge in [-0.2, -0.15) is 0 Å². The van der Waals surface area contributed by atoms with E-state index in [1.165, 1.54) is 38.5 Å². The van der Waals surface area contributed by atoms with Crippen molar-refractivity contribution in [3.63, 3.8) is 0 Å². The fourth-order valence-electron chi connectivity index (χ4n) is 8.11. The molecule has 2 aromatic carbocycles. The van der Waals surface area contributed by atoms with Crippen LogP contribution in [0.15, 0.2) is 67.3 Å². The Bertz CT molecular complexity index is 2800. The number of primary amides is 1. The molecule has 426 valence electrons. The van der Waals surface area contributed by atoms with Crippen LogP contribution < -0.4 is 70.4 Å². The van der Waals surface area contributed by atoms with E-state index in [9.17, 15) is 47.5 Å². The van der Waals surface area contributed by atoms with E-state index in [-0.39, 0.29) is 81.5 Å². The first-order valence-electron chi connectivity index (χ1n) is 25.0. The highest BCUT2D eigenvalue weighted by molar-refractivity contribution is 8.76. The Labute approximate surface area is 461 Å². The van der Waals surface area contributed by atoms with E-state index in [2.05, 4.69) is 68.1 Å². The number of guanidine groups is 2. The molecule has 1 aliphatic rings. The summed E-state index contributed by atoms with van der Waals surface area (Å²) >= 11 is 0. The molecule has 0 spiro atoms. The molecule has 1 aliphatic heterocycles. The van der Waals surface area contributed by atoms with Gasteiger partial charge in [0.15, 0.2) is 11.9 Å². The van der Waals surface area contributed by atoms with Crippen molar-refractivity contribution in [3.05, 3.63) is 89.9 Å². The third-order valence-corrected chi connectivity index (χ3v) is 14.6. The van der Waals surface area contributed by atoms with E-state index >= 15 is 0 Å². The van der Waals surface area contributed by atoms with E-state index in [0.29, 0.717) is 22.2 Å². The van der Waals surface area contributed by atoms with Crippen LogP contribution in [0.2, 0.25) is 0 Å². The minimum Gasteiger partial charge on any atom is -0.370 e. The highest BCUT2D eigenvalue weighted by Crippen LogP contribution is 2.24. The molecule has 0 radical (unpaired) electrons. The number of H-pyrrole nitrogens is 2. The fraction of sp³-hybridized carbons (Fsp3) is 0.429. The van der Waals surface area contributed by atoms with Crippen molar-refractivity contribution in [2.45, 2.75) is 107 Å². The fourth-order valence-corrected chi connectivity index (χ4v) is 10.4.